The lowest BCUT2D eigenvalue weighted by Crippen LogP contribution is -2.41. The Morgan fingerprint density at radius 2 is 1.59 bits per heavy atom. The lowest BCUT2D eigenvalue weighted by Gasteiger charge is -2.23. The summed E-state index contributed by atoms with van der Waals surface area (Å²) in [6.45, 7) is 6.98. The number of hydrogen-bond donors (Lipinski definition) is 1. The van der Waals surface area contributed by atoms with Gasteiger partial charge in [-0.1, -0.05) is 42.6 Å². The predicted molar refractivity (Wildman–Crippen MR) is 130 cm³/mol. The van der Waals surface area contributed by atoms with Crippen molar-refractivity contribution in [2.45, 2.75) is 45.2 Å². The summed E-state index contributed by atoms with van der Waals surface area (Å²) in [5.41, 5.74) is 2.29. The molecule has 0 bridgehead atoms. The van der Waals surface area contributed by atoms with Crippen LogP contribution in [0.3, 0.4) is 0 Å². The molecule has 0 aliphatic carbocycles. The van der Waals surface area contributed by atoms with Gasteiger partial charge in [-0.2, -0.15) is 0 Å². The quantitative estimate of drug-likeness (QED) is 0.719. The molecule has 3 heterocycles. The number of pyridine rings is 1. The first kappa shape index (κ1) is 22.9. The SMILES string of the molecule is O=C(NCc1ccc(N2CCCCCC2)nc1)N1CCCN(Cc2ccc(Cl)cc2)CC1. The highest BCUT2D eigenvalue weighted by atomic mass is 35.5. The summed E-state index contributed by atoms with van der Waals surface area (Å²) >= 11 is 5.99. The van der Waals surface area contributed by atoms with Gasteiger partial charge in [0.25, 0.3) is 0 Å². The molecule has 0 saturated carbocycles. The summed E-state index contributed by atoms with van der Waals surface area (Å²) < 4.78 is 0. The molecule has 0 unspecified atom stereocenters. The van der Waals surface area contributed by atoms with E-state index in [1.165, 1.54) is 31.2 Å². The fraction of sp³-hybridized carbons (Fsp3) is 0.520. The van der Waals surface area contributed by atoms with E-state index in [0.29, 0.717) is 6.54 Å². The molecule has 6 nitrogen and oxygen atoms in total. The number of benzene rings is 1. The summed E-state index contributed by atoms with van der Waals surface area (Å²) in [6.07, 6.45) is 7.99. The van der Waals surface area contributed by atoms with Crippen molar-refractivity contribution in [2.75, 3.05) is 44.2 Å². The number of anilines is 1. The third kappa shape index (κ3) is 6.59. The van der Waals surface area contributed by atoms with Gasteiger partial charge in [-0.05, 0) is 48.6 Å². The van der Waals surface area contributed by atoms with Gasteiger partial charge in [0.05, 0.1) is 0 Å². The van der Waals surface area contributed by atoms with Crippen molar-refractivity contribution >= 4 is 23.4 Å². The maximum Gasteiger partial charge on any atom is 0.317 e. The lowest BCUT2D eigenvalue weighted by molar-refractivity contribution is 0.197. The van der Waals surface area contributed by atoms with Crippen LogP contribution in [-0.2, 0) is 13.1 Å². The van der Waals surface area contributed by atoms with Crippen LogP contribution in [0.4, 0.5) is 10.6 Å². The van der Waals surface area contributed by atoms with Gasteiger partial charge in [-0.25, -0.2) is 9.78 Å². The first-order valence-electron chi connectivity index (χ1n) is 11.9. The molecule has 2 saturated heterocycles. The van der Waals surface area contributed by atoms with E-state index in [2.05, 4.69) is 44.4 Å². The Hall–Kier alpha value is -2.31. The van der Waals surface area contributed by atoms with Crippen LogP contribution < -0.4 is 10.2 Å². The molecule has 0 radical (unpaired) electrons. The highest BCUT2D eigenvalue weighted by Crippen LogP contribution is 2.18. The zero-order valence-electron chi connectivity index (χ0n) is 18.8. The zero-order chi connectivity index (χ0) is 22.2. The van der Waals surface area contributed by atoms with Crippen LogP contribution in [0.1, 0.15) is 43.2 Å². The van der Waals surface area contributed by atoms with Gasteiger partial charge in [-0.15, -0.1) is 0 Å². The molecule has 32 heavy (non-hydrogen) atoms. The van der Waals surface area contributed by atoms with Gasteiger partial charge >= 0.3 is 6.03 Å². The van der Waals surface area contributed by atoms with Crippen LogP contribution >= 0.6 is 11.6 Å². The number of amides is 2. The number of carbonyl (C=O) groups is 1. The summed E-state index contributed by atoms with van der Waals surface area (Å²) in [4.78, 5) is 24.1. The molecule has 4 rings (SSSR count). The first-order chi connectivity index (χ1) is 15.7. The number of nitrogens with zero attached hydrogens (tertiary/aromatic N) is 4. The van der Waals surface area contributed by atoms with E-state index in [9.17, 15) is 4.79 Å². The number of aromatic nitrogens is 1. The van der Waals surface area contributed by atoms with E-state index in [1.54, 1.807) is 0 Å². The number of nitrogens with one attached hydrogen (secondary N) is 1. The number of carbonyl (C=O) groups excluding carboxylic acids is 1. The van der Waals surface area contributed by atoms with Gasteiger partial charge in [0.2, 0.25) is 0 Å². The summed E-state index contributed by atoms with van der Waals surface area (Å²) in [5, 5.41) is 3.84. The maximum absolute atomic E-state index is 12.7. The van der Waals surface area contributed by atoms with E-state index >= 15 is 0 Å². The fourth-order valence-electron chi connectivity index (χ4n) is 4.48. The third-order valence-corrected chi connectivity index (χ3v) is 6.63. The van der Waals surface area contributed by atoms with Gasteiger partial charge < -0.3 is 15.1 Å². The largest absolute Gasteiger partial charge is 0.357 e. The smallest absolute Gasteiger partial charge is 0.317 e. The van der Waals surface area contributed by atoms with Crippen LogP contribution in [0.15, 0.2) is 42.6 Å². The Bertz CT molecular complexity index is 850. The van der Waals surface area contributed by atoms with Gasteiger partial charge in [0, 0.05) is 63.6 Å². The van der Waals surface area contributed by atoms with E-state index < -0.39 is 0 Å². The van der Waals surface area contributed by atoms with Crippen molar-refractivity contribution in [3.05, 3.63) is 58.7 Å². The predicted octanol–water partition coefficient (Wildman–Crippen LogP) is 4.53. The van der Waals surface area contributed by atoms with Crippen molar-refractivity contribution in [2.24, 2.45) is 0 Å². The molecule has 2 aromatic rings. The molecular formula is C25H34ClN5O. The van der Waals surface area contributed by atoms with Crippen molar-refractivity contribution in [3.8, 4) is 0 Å². The van der Waals surface area contributed by atoms with Crippen molar-refractivity contribution in [3.63, 3.8) is 0 Å². The molecule has 1 aromatic carbocycles. The minimum atomic E-state index is 0.00920. The van der Waals surface area contributed by atoms with E-state index in [-0.39, 0.29) is 6.03 Å². The van der Waals surface area contributed by atoms with Crippen LogP contribution in [-0.4, -0.2) is 60.1 Å². The molecule has 0 atom stereocenters. The Morgan fingerprint density at radius 3 is 2.31 bits per heavy atom. The van der Waals surface area contributed by atoms with Crippen molar-refractivity contribution in [1.29, 1.82) is 0 Å². The zero-order valence-corrected chi connectivity index (χ0v) is 19.6. The number of hydrogen-bond acceptors (Lipinski definition) is 4. The fourth-order valence-corrected chi connectivity index (χ4v) is 4.60. The third-order valence-electron chi connectivity index (χ3n) is 6.38. The maximum atomic E-state index is 12.7. The van der Waals surface area contributed by atoms with Crippen molar-refractivity contribution < 1.29 is 4.79 Å². The van der Waals surface area contributed by atoms with E-state index in [4.69, 9.17) is 11.6 Å². The number of urea groups is 1. The first-order valence-corrected chi connectivity index (χ1v) is 12.2. The van der Waals surface area contributed by atoms with Crippen LogP contribution in [0, 0.1) is 0 Å². The molecule has 2 aliphatic heterocycles. The second-order valence-electron chi connectivity index (χ2n) is 8.83. The van der Waals surface area contributed by atoms with Crippen LogP contribution in [0.25, 0.3) is 0 Å². The minimum absolute atomic E-state index is 0.00920. The molecule has 1 aromatic heterocycles. The Kier molecular flexibility index (Phi) is 8.24. The molecule has 0 spiro atoms. The standard InChI is InChI=1S/C25H34ClN5O/c26-23-9-6-21(7-10-23)20-29-12-5-15-31(17-16-29)25(32)28-19-22-8-11-24(27-18-22)30-13-3-1-2-4-14-30/h6-11,18H,1-5,12-17,19-20H2,(H,28,32). The topological polar surface area (TPSA) is 51.7 Å². The van der Waals surface area contributed by atoms with Gasteiger partial charge in [-0.3, -0.25) is 4.90 Å². The molecule has 2 fully saturated rings. The Balaban J connectivity index is 1.23. The second-order valence-corrected chi connectivity index (χ2v) is 9.26. The normalized spacial score (nSPS) is 18.2. The van der Waals surface area contributed by atoms with E-state index in [1.807, 2.05) is 23.2 Å². The average molecular weight is 456 g/mol. The van der Waals surface area contributed by atoms with Crippen molar-refractivity contribution in [1.82, 2.24) is 20.1 Å². The monoisotopic (exact) mass is 455 g/mol. The molecule has 172 valence electrons. The minimum Gasteiger partial charge on any atom is -0.357 e. The lowest BCUT2D eigenvalue weighted by atomic mass is 10.2. The van der Waals surface area contributed by atoms with Gasteiger partial charge in [0.15, 0.2) is 0 Å². The summed E-state index contributed by atoms with van der Waals surface area (Å²) in [7, 11) is 0. The second kappa shape index (κ2) is 11.5. The number of rotatable bonds is 5. The van der Waals surface area contributed by atoms with E-state index in [0.717, 1.165) is 68.6 Å². The number of halogens is 1. The molecule has 1 N–H and O–H groups in total. The van der Waals surface area contributed by atoms with Crippen LogP contribution in [0.5, 0.6) is 0 Å². The molecule has 2 amide bonds. The highest BCUT2D eigenvalue weighted by molar-refractivity contribution is 6.30. The molecular weight excluding hydrogens is 422 g/mol. The Labute approximate surface area is 196 Å². The Morgan fingerprint density at radius 1 is 0.844 bits per heavy atom. The summed E-state index contributed by atoms with van der Waals surface area (Å²) in [6, 6.07) is 12.2. The summed E-state index contributed by atoms with van der Waals surface area (Å²) in [5.74, 6) is 1.05. The highest BCUT2D eigenvalue weighted by Gasteiger charge is 2.19. The van der Waals surface area contributed by atoms with Crippen LogP contribution in [0.2, 0.25) is 5.02 Å². The van der Waals surface area contributed by atoms with Gasteiger partial charge in [0.1, 0.15) is 5.82 Å². The molecule has 2 aliphatic rings. The molecule has 7 heteroatoms. The average Bonchev–Trinajstić information content (AvgIpc) is 3.23.